The Kier molecular flexibility index (Phi) is 4.87. The van der Waals surface area contributed by atoms with Gasteiger partial charge in [0.2, 0.25) is 0 Å². The lowest BCUT2D eigenvalue weighted by Gasteiger charge is -2.33. The Balaban J connectivity index is 1.75. The molecule has 0 bridgehead atoms. The largest absolute Gasteiger partial charge is 0.376 e. The van der Waals surface area contributed by atoms with Crippen molar-refractivity contribution in [1.82, 2.24) is 0 Å². The van der Waals surface area contributed by atoms with E-state index >= 15 is 0 Å². The summed E-state index contributed by atoms with van der Waals surface area (Å²) in [4.78, 5) is 0. The average molecular weight is 239 g/mol. The van der Waals surface area contributed by atoms with Crippen LogP contribution < -0.4 is 5.73 Å². The third-order valence-corrected chi connectivity index (χ3v) is 4.59. The van der Waals surface area contributed by atoms with E-state index in [1.807, 2.05) is 0 Å². The minimum absolute atomic E-state index is 0.0167. The van der Waals surface area contributed by atoms with Crippen LogP contribution in [0.15, 0.2) is 0 Å². The van der Waals surface area contributed by atoms with Crippen LogP contribution in [-0.2, 0) is 4.74 Å². The zero-order valence-corrected chi connectivity index (χ0v) is 11.4. The summed E-state index contributed by atoms with van der Waals surface area (Å²) in [6.45, 7) is 3.14. The topological polar surface area (TPSA) is 35.2 Å². The van der Waals surface area contributed by atoms with Crippen molar-refractivity contribution in [1.29, 1.82) is 0 Å². The molecule has 0 spiro atoms. The van der Waals surface area contributed by atoms with Crippen molar-refractivity contribution in [2.75, 3.05) is 6.61 Å². The predicted molar refractivity (Wildman–Crippen MR) is 72.0 cm³/mol. The summed E-state index contributed by atoms with van der Waals surface area (Å²) in [6, 6.07) is 0. The molecule has 0 aromatic rings. The van der Waals surface area contributed by atoms with E-state index in [2.05, 4.69) is 6.92 Å². The Hall–Kier alpha value is -0.0800. The van der Waals surface area contributed by atoms with Gasteiger partial charge in [0.05, 0.1) is 12.7 Å². The molecule has 17 heavy (non-hydrogen) atoms. The normalized spacial score (nSPS) is 34.2. The first-order valence-electron chi connectivity index (χ1n) is 7.58. The molecule has 0 heterocycles. The molecule has 0 amide bonds. The van der Waals surface area contributed by atoms with Gasteiger partial charge in [-0.25, -0.2) is 0 Å². The Morgan fingerprint density at radius 2 is 1.76 bits per heavy atom. The van der Waals surface area contributed by atoms with Gasteiger partial charge in [-0.1, -0.05) is 45.4 Å². The van der Waals surface area contributed by atoms with Crippen LogP contribution in [0.4, 0.5) is 0 Å². The van der Waals surface area contributed by atoms with Crippen LogP contribution in [0.2, 0.25) is 0 Å². The Morgan fingerprint density at radius 3 is 2.41 bits per heavy atom. The molecule has 0 aliphatic heterocycles. The van der Waals surface area contributed by atoms with Gasteiger partial charge in [0, 0.05) is 5.54 Å². The van der Waals surface area contributed by atoms with Crippen LogP contribution in [0.1, 0.15) is 71.1 Å². The molecule has 0 aromatic carbocycles. The molecule has 0 saturated heterocycles. The van der Waals surface area contributed by atoms with Crippen molar-refractivity contribution in [2.24, 2.45) is 11.7 Å². The third-order valence-electron chi connectivity index (χ3n) is 4.59. The van der Waals surface area contributed by atoms with E-state index in [4.69, 9.17) is 10.5 Å². The van der Waals surface area contributed by atoms with Gasteiger partial charge in [0.25, 0.3) is 0 Å². The predicted octanol–water partition coefficient (Wildman–Crippen LogP) is 3.63. The van der Waals surface area contributed by atoms with Gasteiger partial charge < -0.3 is 10.5 Å². The zero-order valence-electron chi connectivity index (χ0n) is 11.4. The monoisotopic (exact) mass is 239 g/mol. The first kappa shape index (κ1) is 13.4. The molecule has 2 aliphatic carbocycles. The summed E-state index contributed by atoms with van der Waals surface area (Å²) in [5.41, 5.74) is 6.47. The summed E-state index contributed by atoms with van der Waals surface area (Å²) in [5.74, 6) is 0.844. The number of hydrogen-bond donors (Lipinski definition) is 1. The van der Waals surface area contributed by atoms with Crippen LogP contribution >= 0.6 is 0 Å². The molecule has 2 N–H and O–H groups in total. The fourth-order valence-corrected chi connectivity index (χ4v) is 3.39. The van der Waals surface area contributed by atoms with E-state index < -0.39 is 0 Å². The van der Waals surface area contributed by atoms with Gasteiger partial charge in [-0.05, 0) is 31.6 Å². The quantitative estimate of drug-likeness (QED) is 0.763. The van der Waals surface area contributed by atoms with Crippen LogP contribution in [0.3, 0.4) is 0 Å². The smallest absolute Gasteiger partial charge is 0.0649 e. The highest BCUT2D eigenvalue weighted by Gasteiger charge is 2.28. The van der Waals surface area contributed by atoms with E-state index in [1.165, 1.54) is 51.4 Å². The van der Waals surface area contributed by atoms with E-state index in [0.717, 1.165) is 25.4 Å². The van der Waals surface area contributed by atoms with Gasteiger partial charge in [-0.2, -0.15) is 0 Å². The lowest BCUT2D eigenvalue weighted by molar-refractivity contribution is -0.0134. The second-order valence-corrected chi connectivity index (χ2v) is 6.48. The Bertz CT molecular complexity index is 221. The van der Waals surface area contributed by atoms with Gasteiger partial charge in [0.15, 0.2) is 0 Å². The van der Waals surface area contributed by atoms with E-state index in [9.17, 15) is 0 Å². The number of rotatable bonds is 3. The lowest BCUT2D eigenvalue weighted by atomic mass is 9.88. The zero-order chi connectivity index (χ0) is 12.1. The molecule has 0 aromatic heterocycles. The molecule has 2 aliphatic rings. The minimum Gasteiger partial charge on any atom is -0.376 e. The first-order chi connectivity index (χ1) is 8.18. The fourth-order valence-electron chi connectivity index (χ4n) is 3.39. The highest BCUT2D eigenvalue weighted by atomic mass is 16.5. The van der Waals surface area contributed by atoms with Gasteiger partial charge >= 0.3 is 0 Å². The molecular formula is C15H29NO. The second kappa shape index (κ2) is 6.19. The molecule has 0 radical (unpaired) electrons. The third kappa shape index (κ3) is 4.26. The van der Waals surface area contributed by atoms with Crippen molar-refractivity contribution in [3.63, 3.8) is 0 Å². The average Bonchev–Trinajstić information content (AvgIpc) is 2.53. The molecule has 2 saturated carbocycles. The molecule has 2 fully saturated rings. The SMILES string of the molecule is CC1CCCC(OCC2(N)CCCCCC2)C1. The maximum atomic E-state index is 6.49. The molecule has 2 rings (SSSR count). The van der Waals surface area contributed by atoms with Crippen molar-refractivity contribution in [3.8, 4) is 0 Å². The van der Waals surface area contributed by atoms with Crippen LogP contribution in [0.5, 0.6) is 0 Å². The van der Waals surface area contributed by atoms with E-state index in [0.29, 0.717) is 6.10 Å². The van der Waals surface area contributed by atoms with Crippen molar-refractivity contribution < 1.29 is 4.74 Å². The molecule has 100 valence electrons. The Morgan fingerprint density at radius 1 is 1.06 bits per heavy atom. The summed E-state index contributed by atoms with van der Waals surface area (Å²) >= 11 is 0. The van der Waals surface area contributed by atoms with Gasteiger partial charge in [-0.3, -0.25) is 0 Å². The highest BCUT2D eigenvalue weighted by molar-refractivity contribution is 4.86. The highest BCUT2D eigenvalue weighted by Crippen LogP contribution is 2.29. The maximum absolute atomic E-state index is 6.49. The standard InChI is InChI=1S/C15H29NO/c1-13-7-6-8-14(11-13)17-12-15(16)9-4-2-3-5-10-15/h13-14H,2-12,16H2,1H3. The molecule has 2 nitrogen and oxygen atoms in total. The number of hydrogen-bond acceptors (Lipinski definition) is 2. The molecule has 2 heteroatoms. The maximum Gasteiger partial charge on any atom is 0.0649 e. The van der Waals surface area contributed by atoms with E-state index in [-0.39, 0.29) is 5.54 Å². The summed E-state index contributed by atoms with van der Waals surface area (Å²) in [7, 11) is 0. The molecule has 2 unspecified atom stereocenters. The van der Waals surface area contributed by atoms with Crippen molar-refractivity contribution in [2.45, 2.75) is 82.8 Å². The van der Waals surface area contributed by atoms with Crippen LogP contribution in [-0.4, -0.2) is 18.2 Å². The molecular weight excluding hydrogens is 210 g/mol. The van der Waals surface area contributed by atoms with Gasteiger partial charge in [-0.15, -0.1) is 0 Å². The second-order valence-electron chi connectivity index (χ2n) is 6.48. The summed E-state index contributed by atoms with van der Waals surface area (Å²) < 4.78 is 6.13. The van der Waals surface area contributed by atoms with E-state index in [1.54, 1.807) is 0 Å². The Labute approximate surface area is 106 Å². The van der Waals surface area contributed by atoms with Crippen LogP contribution in [0.25, 0.3) is 0 Å². The molecule has 2 atom stereocenters. The lowest BCUT2D eigenvalue weighted by Crippen LogP contribution is -2.45. The summed E-state index contributed by atoms with van der Waals surface area (Å²) in [6.07, 6.45) is 13.3. The number of ether oxygens (including phenoxy) is 1. The van der Waals surface area contributed by atoms with Crippen molar-refractivity contribution >= 4 is 0 Å². The van der Waals surface area contributed by atoms with Gasteiger partial charge in [0.1, 0.15) is 0 Å². The van der Waals surface area contributed by atoms with Crippen molar-refractivity contribution in [3.05, 3.63) is 0 Å². The van der Waals surface area contributed by atoms with Crippen LogP contribution in [0, 0.1) is 5.92 Å². The first-order valence-corrected chi connectivity index (χ1v) is 7.58. The minimum atomic E-state index is -0.0167. The fraction of sp³-hybridized carbons (Fsp3) is 1.00. The number of nitrogens with two attached hydrogens (primary N) is 1. The summed E-state index contributed by atoms with van der Waals surface area (Å²) in [5, 5.41) is 0.